The molecule has 0 radical (unpaired) electrons. The van der Waals surface area contributed by atoms with E-state index in [4.69, 9.17) is 23.2 Å². The Kier molecular flexibility index (Phi) is 5.38. The first-order valence-corrected chi connectivity index (χ1v) is 9.71. The predicted molar refractivity (Wildman–Crippen MR) is 109 cm³/mol. The second kappa shape index (κ2) is 7.85. The van der Waals surface area contributed by atoms with Crippen LogP contribution in [0.4, 0.5) is 24.7 Å². The van der Waals surface area contributed by atoms with Crippen LogP contribution < -0.4 is 10.6 Å². The molecule has 10 heteroatoms. The molecule has 0 bridgehead atoms. The molecule has 0 saturated carbocycles. The van der Waals surface area contributed by atoms with Crippen molar-refractivity contribution in [1.82, 2.24) is 9.78 Å². The monoisotopic (exact) mass is 454 g/mol. The third-order valence-corrected chi connectivity index (χ3v) is 5.30. The number of carbonyl (C=O) groups excluding carboxylic acids is 1. The van der Waals surface area contributed by atoms with E-state index >= 15 is 0 Å². The Morgan fingerprint density at radius 1 is 1.07 bits per heavy atom. The highest BCUT2D eigenvalue weighted by molar-refractivity contribution is 6.30. The molecule has 1 aromatic heterocycles. The van der Waals surface area contributed by atoms with Crippen molar-refractivity contribution in [3.8, 4) is 0 Å². The van der Waals surface area contributed by atoms with Crippen molar-refractivity contribution >= 4 is 40.6 Å². The van der Waals surface area contributed by atoms with Crippen molar-refractivity contribution in [3.05, 3.63) is 75.9 Å². The van der Waals surface area contributed by atoms with Gasteiger partial charge in [-0.05, 0) is 42.0 Å². The molecule has 0 unspecified atom stereocenters. The average Bonchev–Trinajstić information content (AvgIpc) is 3.13. The van der Waals surface area contributed by atoms with Crippen molar-refractivity contribution in [1.29, 1.82) is 0 Å². The lowest BCUT2D eigenvalue weighted by molar-refractivity contribution is -0.173. The molecule has 4 rings (SSSR count). The number of halogens is 5. The molecule has 2 heterocycles. The Morgan fingerprint density at radius 3 is 2.27 bits per heavy atom. The summed E-state index contributed by atoms with van der Waals surface area (Å²) in [4.78, 5) is 12.5. The first-order valence-electron chi connectivity index (χ1n) is 8.96. The number of hydrogen-bond acceptors (Lipinski definition) is 3. The summed E-state index contributed by atoms with van der Waals surface area (Å²) in [5.74, 6) is -0.505. The van der Waals surface area contributed by atoms with Gasteiger partial charge in [-0.25, -0.2) is 4.68 Å². The summed E-state index contributed by atoms with van der Waals surface area (Å²) in [5.41, 5.74) is 0.987. The number of benzene rings is 2. The van der Waals surface area contributed by atoms with E-state index in [-0.39, 0.29) is 17.9 Å². The van der Waals surface area contributed by atoms with Crippen LogP contribution >= 0.6 is 23.2 Å². The summed E-state index contributed by atoms with van der Waals surface area (Å²) in [7, 11) is 0. The molecule has 1 aliphatic heterocycles. The Bertz CT molecular complexity index is 1070. The lowest BCUT2D eigenvalue weighted by atomic mass is 9.97. The van der Waals surface area contributed by atoms with E-state index in [9.17, 15) is 18.0 Å². The van der Waals surface area contributed by atoms with Gasteiger partial charge in [0.1, 0.15) is 5.82 Å². The normalized spacial score (nSPS) is 18.4. The lowest BCUT2D eigenvalue weighted by Crippen LogP contribution is -2.35. The maximum absolute atomic E-state index is 13.7. The highest BCUT2D eigenvalue weighted by atomic mass is 35.5. The van der Waals surface area contributed by atoms with Gasteiger partial charge in [0, 0.05) is 28.2 Å². The molecule has 30 heavy (non-hydrogen) atoms. The molecule has 5 nitrogen and oxygen atoms in total. The van der Waals surface area contributed by atoms with Crippen LogP contribution in [0, 0.1) is 0 Å². The van der Waals surface area contributed by atoms with Crippen LogP contribution in [0.5, 0.6) is 0 Å². The number of hydrogen-bond donors (Lipinski definition) is 2. The molecule has 2 atom stereocenters. The summed E-state index contributed by atoms with van der Waals surface area (Å²) in [5, 5.41) is 10.6. The van der Waals surface area contributed by atoms with Gasteiger partial charge in [-0.1, -0.05) is 35.3 Å². The zero-order valence-electron chi connectivity index (χ0n) is 15.3. The van der Waals surface area contributed by atoms with Crippen molar-refractivity contribution in [2.24, 2.45) is 0 Å². The minimum absolute atomic E-state index is 0.116. The van der Waals surface area contributed by atoms with Crippen LogP contribution in [-0.2, 0) is 0 Å². The van der Waals surface area contributed by atoms with Crippen LogP contribution in [0.1, 0.15) is 34.6 Å². The second-order valence-electron chi connectivity index (χ2n) is 6.86. The van der Waals surface area contributed by atoms with Gasteiger partial charge < -0.3 is 10.6 Å². The van der Waals surface area contributed by atoms with E-state index in [1.54, 1.807) is 48.5 Å². The van der Waals surface area contributed by atoms with Crippen molar-refractivity contribution < 1.29 is 18.0 Å². The molecule has 2 N–H and O–H groups in total. The van der Waals surface area contributed by atoms with E-state index in [0.717, 1.165) is 4.68 Å². The molecule has 0 spiro atoms. The highest BCUT2D eigenvalue weighted by Gasteiger charge is 2.46. The van der Waals surface area contributed by atoms with Crippen molar-refractivity contribution in [2.75, 3.05) is 10.6 Å². The van der Waals surface area contributed by atoms with Gasteiger partial charge in [-0.15, -0.1) is 0 Å². The molecule has 156 valence electrons. The molecular formula is C20H15Cl2F3N4O. The number of nitrogens with one attached hydrogen (secondary N) is 2. The van der Waals surface area contributed by atoms with Crippen molar-refractivity contribution in [2.45, 2.75) is 24.7 Å². The number of aromatic nitrogens is 2. The number of anilines is 2. The predicted octanol–water partition coefficient (Wildman–Crippen LogP) is 6.10. The maximum atomic E-state index is 13.7. The highest BCUT2D eigenvalue weighted by Crippen LogP contribution is 2.43. The average molecular weight is 455 g/mol. The Hall–Kier alpha value is -2.71. The minimum atomic E-state index is -4.53. The lowest BCUT2D eigenvalue weighted by Gasteiger charge is -2.33. The van der Waals surface area contributed by atoms with Crippen LogP contribution in [0.3, 0.4) is 0 Å². The molecule has 1 aliphatic rings. The van der Waals surface area contributed by atoms with Gasteiger partial charge >= 0.3 is 6.18 Å². The van der Waals surface area contributed by atoms with Gasteiger partial charge in [0.25, 0.3) is 5.91 Å². The standard InChI is InChI=1S/C20H15Cl2F3N4O/c21-12-3-1-11(2-4-12)15-9-17(20(23,24)25)29-18(27-15)10-16(28-29)19(30)26-14-7-5-13(22)6-8-14/h1-8,10,15,17,27H,9H2,(H,26,30)/t15-,17+/m1/s1. The van der Waals surface area contributed by atoms with Crippen LogP contribution in [0.2, 0.25) is 10.0 Å². The number of fused-ring (bicyclic) bond motifs is 1. The molecule has 0 saturated heterocycles. The molecule has 1 amide bonds. The second-order valence-corrected chi connectivity index (χ2v) is 7.73. The largest absolute Gasteiger partial charge is 0.410 e. The summed E-state index contributed by atoms with van der Waals surface area (Å²) < 4.78 is 42.1. The minimum Gasteiger partial charge on any atom is -0.363 e. The first kappa shape index (κ1) is 20.6. The summed E-state index contributed by atoms with van der Waals surface area (Å²) in [6.45, 7) is 0. The third-order valence-electron chi connectivity index (χ3n) is 4.80. The summed E-state index contributed by atoms with van der Waals surface area (Å²) in [6.07, 6.45) is -4.80. The fraction of sp³-hybridized carbons (Fsp3) is 0.200. The van der Waals surface area contributed by atoms with E-state index in [1.807, 2.05) is 0 Å². The van der Waals surface area contributed by atoms with E-state index < -0.39 is 24.2 Å². The fourth-order valence-corrected chi connectivity index (χ4v) is 3.58. The zero-order chi connectivity index (χ0) is 21.5. The number of carbonyl (C=O) groups is 1. The quantitative estimate of drug-likeness (QED) is 0.502. The van der Waals surface area contributed by atoms with Gasteiger partial charge in [0.15, 0.2) is 11.7 Å². The van der Waals surface area contributed by atoms with Crippen LogP contribution in [0.15, 0.2) is 54.6 Å². The topological polar surface area (TPSA) is 59.0 Å². The molecule has 0 aliphatic carbocycles. The van der Waals surface area contributed by atoms with Gasteiger partial charge in [-0.3, -0.25) is 4.79 Å². The van der Waals surface area contributed by atoms with Crippen LogP contribution in [0.25, 0.3) is 0 Å². The van der Waals surface area contributed by atoms with Crippen LogP contribution in [-0.4, -0.2) is 21.9 Å². The number of amides is 1. The Balaban J connectivity index is 1.63. The Morgan fingerprint density at radius 2 is 1.67 bits per heavy atom. The fourth-order valence-electron chi connectivity index (χ4n) is 3.33. The maximum Gasteiger partial charge on any atom is 0.410 e. The smallest absolute Gasteiger partial charge is 0.363 e. The van der Waals surface area contributed by atoms with Crippen molar-refractivity contribution in [3.63, 3.8) is 0 Å². The van der Waals surface area contributed by atoms with Gasteiger partial charge in [0.05, 0.1) is 6.04 Å². The molecule has 3 aromatic rings. The van der Waals surface area contributed by atoms with Gasteiger partial charge in [0.2, 0.25) is 0 Å². The van der Waals surface area contributed by atoms with E-state index in [0.29, 0.717) is 21.3 Å². The number of nitrogens with zero attached hydrogens (tertiary/aromatic N) is 2. The molecular weight excluding hydrogens is 440 g/mol. The van der Waals surface area contributed by atoms with Gasteiger partial charge in [-0.2, -0.15) is 18.3 Å². The third kappa shape index (κ3) is 4.24. The summed E-state index contributed by atoms with van der Waals surface area (Å²) in [6, 6.07) is 11.8. The number of alkyl halides is 3. The molecule has 0 fully saturated rings. The molecule has 2 aromatic carbocycles. The SMILES string of the molecule is O=C(Nc1ccc(Cl)cc1)c1cc2n(n1)[C@H](C(F)(F)F)C[C@H](c1ccc(Cl)cc1)N2. The Labute approximate surface area is 179 Å². The first-order chi connectivity index (χ1) is 14.2. The number of rotatable bonds is 3. The zero-order valence-corrected chi connectivity index (χ0v) is 16.8. The summed E-state index contributed by atoms with van der Waals surface area (Å²) >= 11 is 11.7. The van der Waals surface area contributed by atoms with E-state index in [1.165, 1.54) is 6.07 Å². The van der Waals surface area contributed by atoms with E-state index in [2.05, 4.69) is 15.7 Å².